The van der Waals surface area contributed by atoms with Gasteiger partial charge in [0, 0.05) is 36.5 Å². The van der Waals surface area contributed by atoms with E-state index in [9.17, 15) is 0 Å². The maximum atomic E-state index is 6.19. The van der Waals surface area contributed by atoms with Crippen molar-refractivity contribution in [3.05, 3.63) is 46.2 Å². The summed E-state index contributed by atoms with van der Waals surface area (Å²) in [6.45, 7) is 5.24. The van der Waals surface area contributed by atoms with Gasteiger partial charge in [0.25, 0.3) is 0 Å². The fraction of sp³-hybridized carbons (Fsp3) is 0.556. The van der Waals surface area contributed by atoms with Gasteiger partial charge in [-0.1, -0.05) is 6.07 Å². The molecular weight excluding hydrogens is 322 g/mol. The molecule has 0 saturated carbocycles. The normalized spacial score (nSPS) is 27.3. The summed E-state index contributed by atoms with van der Waals surface area (Å²) in [4.78, 5) is 11.5. The van der Waals surface area contributed by atoms with E-state index < -0.39 is 0 Å². The molecule has 128 valence electrons. The molecule has 0 unspecified atom stereocenters. The molecule has 24 heavy (non-hydrogen) atoms. The topological polar surface area (TPSA) is 47.5 Å². The Labute approximate surface area is 146 Å². The van der Waals surface area contributed by atoms with E-state index in [2.05, 4.69) is 27.2 Å². The number of pyridine rings is 1. The predicted octanol–water partition coefficient (Wildman–Crippen LogP) is 2.80. The molecule has 4 rings (SSSR count). The molecule has 0 aliphatic carbocycles. The second-order valence-electron chi connectivity index (χ2n) is 6.53. The number of ether oxygens (including phenoxy) is 2. The molecule has 2 aliphatic heterocycles. The van der Waals surface area contributed by atoms with Crippen molar-refractivity contribution in [3.63, 3.8) is 0 Å². The maximum Gasteiger partial charge on any atom is 0.107 e. The Hall–Kier alpha value is -1.34. The average molecular weight is 345 g/mol. The summed E-state index contributed by atoms with van der Waals surface area (Å²) >= 11 is 1.74. The number of fused-ring (bicyclic) bond motifs is 1. The van der Waals surface area contributed by atoms with Crippen molar-refractivity contribution in [2.24, 2.45) is 0 Å². The van der Waals surface area contributed by atoms with Crippen LogP contribution in [0.4, 0.5) is 0 Å². The van der Waals surface area contributed by atoms with Crippen LogP contribution in [0.15, 0.2) is 29.8 Å². The smallest absolute Gasteiger partial charge is 0.107 e. The van der Waals surface area contributed by atoms with Gasteiger partial charge in [0.05, 0.1) is 24.9 Å². The highest BCUT2D eigenvalue weighted by atomic mass is 32.1. The number of nitrogens with zero attached hydrogens (tertiary/aromatic N) is 3. The first-order chi connectivity index (χ1) is 11.8. The van der Waals surface area contributed by atoms with Gasteiger partial charge in [-0.05, 0) is 31.9 Å². The monoisotopic (exact) mass is 345 g/mol. The molecule has 2 saturated heterocycles. The molecule has 0 aromatic carbocycles. The molecule has 0 spiro atoms. The Kier molecular flexibility index (Phi) is 4.89. The zero-order valence-corrected chi connectivity index (χ0v) is 14.7. The molecule has 0 bridgehead atoms. The van der Waals surface area contributed by atoms with Gasteiger partial charge < -0.3 is 9.47 Å². The van der Waals surface area contributed by atoms with Crippen molar-refractivity contribution >= 4 is 11.3 Å². The number of thiazole rings is 1. The first-order valence-corrected chi connectivity index (χ1v) is 9.46. The summed E-state index contributed by atoms with van der Waals surface area (Å²) in [5, 5.41) is 3.30. The van der Waals surface area contributed by atoms with Gasteiger partial charge >= 0.3 is 0 Å². The first kappa shape index (κ1) is 16.1. The van der Waals surface area contributed by atoms with E-state index in [1.165, 1.54) is 11.4 Å². The largest absolute Gasteiger partial charge is 0.374 e. The van der Waals surface area contributed by atoms with Crippen LogP contribution in [0.25, 0.3) is 0 Å². The minimum Gasteiger partial charge on any atom is -0.374 e. The number of rotatable bonds is 5. The van der Waals surface area contributed by atoms with Crippen LogP contribution in [0.3, 0.4) is 0 Å². The summed E-state index contributed by atoms with van der Waals surface area (Å²) in [5.74, 6) is 0. The Balaban J connectivity index is 1.42. The molecule has 0 N–H and O–H groups in total. The second kappa shape index (κ2) is 7.27. The van der Waals surface area contributed by atoms with E-state index >= 15 is 0 Å². The third-order valence-electron chi connectivity index (χ3n) is 4.76. The number of aryl methyl sites for hydroxylation is 1. The number of likely N-dealkylation sites (tertiary alicyclic amines) is 1. The highest BCUT2D eigenvalue weighted by Gasteiger charge is 2.44. The van der Waals surface area contributed by atoms with Crippen LogP contribution in [0, 0.1) is 6.92 Å². The Morgan fingerprint density at radius 3 is 3.17 bits per heavy atom. The van der Waals surface area contributed by atoms with Crippen molar-refractivity contribution in [1.82, 2.24) is 14.9 Å². The van der Waals surface area contributed by atoms with Crippen molar-refractivity contribution in [2.75, 3.05) is 13.2 Å². The number of hydrogen-bond donors (Lipinski definition) is 0. The fourth-order valence-electron chi connectivity index (χ4n) is 3.66. The van der Waals surface area contributed by atoms with Crippen LogP contribution >= 0.6 is 11.3 Å². The Morgan fingerprint density at radius 2 is 2.38 bits per heavy atom. The third kappa shape index (κ3) is 3.52. The van der Waals surface area contributed by atoms with E-state index in [0.717, 1.165) is 37.5 Å². The quantitative estimate of drug-likeness (QED) is 0.834. The minimum absolute atomic E-state index is 0.110. The molecule has 3 atom stereocenters. The zero-order chi connectivity index (χ0) is 16.4. The van der Waals surface area contributed by atoms with E-state index in [4.69, 9.17) is 9.47 Å². The SMILES string of the molecule is Cc1csc(CN2C[C@@H](OCc3ccccn3)[C@H]3OCCC[C@H]32)n1. The van der Waals surface area contributed by atoms with Gasteiger partial charge in [-0.2, -0.15) is 0 Å². The van der Waals surface area contributed by atoms with Gasteiger partial charge in [0.2, 0.25) is 0 Å². The molecule has 2 aromatic heterocycles. The van der Waals surface area contributed by atoms with Crippen LogP contribution in [-0.4, -0.2) is 46.3 Å². The van der Waals surface area contributed by atoms with Crippen LogP contribution in [0.5, 0.6) is 0 Å². The lowest BCUT2D eigenvalue weighted by atomic mass is 10.0. The Bertz CT molecular complexity index is 663. The third-order valence-corrected chi connectivity index (χ3v) is 5.71. The molecule has 0 amide bonds. The van der Waals surface area contributed by atoms with Gasteiger partial charge in [-0.25, -0.2) is 4.98 Å². The lowest BCUT2D eigenvalue weighted by Crippen LogP contribution is -2.41. The van der Waals surface area contributed by atoms with Crippen molar-refractivity contribution < 1.29 is 9.47 Å². The standard InChI is InChI=1S/C18H23N3O2S/c1-13-12-24-17(20-13)10-21-9-16(18-15(21)6-4-8-22-18)23-11-14-5-2-3-7-19-14/h2-3,5,7,12,15-16,18H,4,6,8-11H2,1H3/t15-,16-,18+/m1/s1. The van der Waals surface area contributed by atoms with E-state index in [-0.39, 0.29) is 12.2 Å². The van der Waals surface area contributed by atoms with E-state index in [0.29, 0.717) is 12.6 Å². The van der Waals surface area contributed by atoms with Gasteiger partial charge in [0.1, 0.15) is 11.1 Å². The minimum atomic E-state index is 0.110. The van der Waals surface area contributed by atoms with Gasteiger partial charge in [-0.15, -0.1) is 11.3 Å². The summed E-state index contributed by atoms with van der Waals surface area (Å²) < 4.78 is 12.3. The van der Waals surface area contributed by atoms with Gasteiger partial charge in [0.15, 0.2) is 0 Å². The second-order valence-corrected chi connectivity index (χ2v) is 7.47. The van der Waals surface area contributed by atoms with E-state index in [1.807, 2.05) is 24.4 Å². The number of aromatic nitrogens is 2. The molecule has 0 radical (unpaired) electrons. The Morgan fingerprint density at radius 1 is 1.42 bits per heavy atom. The summed E-state index contributed by atoms with van der Waals surface area (Å²) in [6, 6.07) is 6.37. The fourth-order valence-corrected chi connectivity index (χ4v) is 4.45. The highest BCUT2D eigenvalue weighted by molar-refractivity contribution is 7.09. The van der Waals surface area contributed by atoms with Crippen LogP contribution in [-0.2, 0) is 22.6 Å². The van der Waals surface area contributed by atoms with Crippen molar-refractivity contribution in [1.29, 1.82) is 0 Å². The lowest BCUT2D eigenvalue weighted by Gasteiger charge is -2.32. The molecule has 2 fully saturated rings. The number of hydrogen-bond acceptors (Lipinski definition) is 6. The first-order valence-electron chi connectivity index (χ1n) is 8.58. The molecule has 5 nitrogen and oxygen atoms in total. The van der Waals surface area contributed by atoms with Crippen LogP contribution in [0.2, 0.25) is 0 Å². The van der Waals surface area contributed by atoms with Crippen molar-refractivity contribution in [2.45, 2.75) is 51.2 Å². The van der Waals surface area contributed by atoms with Crippen LogP contribution < -0.4 is 0 Å². The predicted molar refractivity (Wildman–Crippen MR) is 92.8 cm³/mol. The molecule has 2 aromatic rings. The molecular formula is C18H23N3O2S. The molecule has 4 heterocycles. The van der Waals surface area contributed by atoms with Crippen LogP contribution in [0.1, 0.15) is 29.2 Å². The summed E-state index contributed by atoms with van der Waals surface area (Å²) in [5.41, 5.74) is 2.08. The maximum absolute atomic E-state index is 6.19. The van der Waals surface area contributed by atoms with E-state index in [1.54, 1.807) is 11.3 Å². The summed E-state index contributed by atoms with van der Waals surface area (Å²) in [6.07, 6.45) is 4.39. The lowest BCUT2D eigenvalue weighted by molar-refractivity contribution is -0.0824. The average Bonchev–Trinajstić information content (AvgIpc) is 3.18. The van der Waals surface area contributed by atoms with Gasteiger partial charge in [-0.3, -0.25) is 9.88 Å². The molecule has 2 aliphatic rings. The molecule has 6 heteroatoms. The highest BCUT2D eigenvalue weighted by Crippen LogP contribution is 2.32. The zero-order valence-electron chi connectivity index (χ0n) is 13.9. The van der Waals surface area contributed by atoms with Crippen molar-refractivity contribution in [3.8, 4) is 0 Å². The summed E-state index contributed by atoms with van der Waals surface area (Å²) in [7, 11) is 0.